The fourth-order valence-corrected chi connectivity index (χ4v) is 1.56. The van der Waals surface area contributed by atoms with Gasteiger partial charge < -0.3 is 15.7 Å². The minimum absolute atomic E-state index is 0.0437. The van der Waals surface area contributed by atoms with E-state index in [4.69, 9.17) is 5.73 Å². The number of carbonyl (C=O) groups is 1. The van der Waals surface area contributed by atoms with Gasteiger partial charge in [0, 0.05) is 12.5 Å². The number of β-amino-alcohol motifs (C(OH)–C–C–N with tert-alkyl or cyclic N) is 1. The van der Waals surface area contributed by atoms with Gasteiger partial charge in [-0.05, 0) is 12.8 Å². The molecule has 1 rings (SSSR count). The smallest absolute Gasteiger partial charge is 0.224 e. The zero-order chi connectivity index (χ0) is 10.8. The van der Waals surface area contributed by atoms with E-state index in [0.717, 1.165) is 6.42 Å². The molecule has 4 nitrogen and oxygen atoms in total. The number of nitrogens with zero attached hydrogens (tertiary/aromatic N) is 1. The van der Waals surface area contributed by atoms with Crippen LogP contribution in [0.3, 0.4) is 0 Å². The molecule has 0 aromatic carbocycles. The lowest BCUT2D eigenvalue weighted by Gasteiger charge is -2.46. The third kappa shape index (κ3) is 2.45. The zero-order valence-electron chi connectivity index (χ0n) is 8.99. The normalized spacial score (nSPS) is 21.6. The monoisotopic (exact) mass is 200 g/mol. The number of nitrogens with two attached hydrogens (primary N) is 1. The van der Waals surface area contributed by atoms with Crippen molar-refractivity contribution in [2.75, 3.05) is 13.1 Å². The molecular formula is C10H20N2O2. The lowest BCUT2D eigenvalue weighted by molar-refractivity contribution is -0.156. The van der Waals surface area contributed by atoms with Crippen LogP contribution in [0, 0.1) is 0 Å². The van der Waals surface area contributed by atoms with Gasteiger partial charge in [-0.1, -0.05) is 13.8 Å². The summed E-state index contributed by atoms with van der Waals surface area (Å²) in [6.45, 7) is 4.84. The Hall–Kier alpha value is -0.610. The van der Waals surface area contributed by atoms with Crippen molar-refractivity contribution in [2.45, 2.75) is 44.8 Å². The average molecular weight is 200 g/mol. The summed E-state index contributed by atoms with van der Waals surface area (Å²) in [5.74, 6) is 0.0671. The first-order chi connectivity index (χ1) is 6.50. The van der Waals surface area contributed by atoms with E-state index in [1.54, 1.807) is 4.90 Å². The molecule has 1 heterocycles. The van der Waals surface area contributed by atoms with E-state index in [0.29, 0.717) is 25.9 Å². The van der Waals surface area contributed by atoms with Gasteiger partial charge in [0.1, 0.15) is 0 Å². The van der Waals surface area contributed by atoms with E-state index in [-0.39, 0.29) is 11.9 Å². The fourth-order valence-electron chi connectivity index (χ4n) is 1.56. The van der Waals surface area contributed by atoms with Crippen LogP contribution in [0.15, 0.2) is 0 Å². The van der Waals surface area contributed by atoms with Crippen molar-refractivity contribution in [3.05, 3.63) is 0 Å². The summed E-state index contributed by atoms with van der Waals surface area (Å²) in [5.41, 5.74) is 5.05. The number of rotatable bonds is 4. The van der Waals surface area contributed by atoms with Gasteiger partial charge in [0.25, 0.3) is 0 Å². The minimum Gasteiger partial charge on any atom is -0.386 e. The molecule has 14 heavy (non-hydrogen) atoms. The van der Waals surface area contributed by atoms with Crippen LogP contribution >= 0.6 is 0 Å². The third-order valence-electron chi connectivity index (χ3n) is 2.94. The Morgan fingerprint density at radius 1 is 1.57 bits per heavy atom. The van der Waals surface area contributed by atoms with Crippen LogP contribution < -0.4 is 5.73 Å². The Bertz CT molecular complexity index is 212. The predicted molar refractivity (Wildman–Crippen MR) is 54.7 cm³/mol. The Balaban J connectivity index is 2.29. The number of carbonyl (C=O) groups excluding carboxylic acids is 1. The molecule has 82 valence electrons. The van der Waals surface area contributed by atoms with Gasteiger partial charge in [-0.25, -0.2) is 0 Å². The van der Waals surface area contributed by atoms with Crippen LogP contribution in [0.5, 0.6) is 0 Å². The molecule has 0 aliphatic carbocycles. The molecule has 1 saturated heterocycles. The molecular weight excluding hydrogens is 180 g/mol. The average Bonchev–Trinajstić information content (AvgIpc) is 2.12. The van der Waals surface area contributed by atoms with Crippen LogP contribution in [0.1, 0.15) is 33.1 Å². The highest BCUT2D eigenvalue weighted by Gasteiger charge is 2.41. The molecule has 4 heteroatoms. The van der Waals surface area contributed by atoms with Crippen molar-refractivity contribution < 1.29 is 9.90 Å². The highest BCUT2D eigenvalue weighted by molar-refractivity contribution is 5.78. The standard InChI is InChI=1S/C10H20N2O2/c1-3-8(11)5-9(13)12-6-10(14,4-2)7-12/h8,14H,3-7,11H2,1-2H3. The molecule has 1 unspecified atom stereocenters. The maximum Gasteiger partial charge on any atom is 0.224 e. The maximum atomic E-state index is 11.5. The first-order valence-corrected chi connectivity index (χ1v) is 5.26. The molecule has 1 aliphatic rings. The Morgan fingerprint density at radius 3 is 2.57 bits per heavy atom. The van der Waals surface area contributed by atoms with Crippen LogP contribution in [-0.4, -0.2) is 40.6 Å². The van der Waals surface area contributed by atoms with Crippen LogP contribution in [-0.2, 0) is 4.79 Å². The van der Waals surface area contributed by atoms with E-state index in [1.807, 2.05) is 13.8 Å². The second-order valence-electron chi connectivity index (χ2n) is 4.20. The van der Waals surface area contributed by atoms with Crippen molar-refractivity contribution >= 4 is 5.91 Å². The Kier molecular flexibility index (Phi) is 3.50. The van der Waals surface area contributed by atoms with Gasteiger partial charge in [0.05, 0.1) is 18.7 Å². The molecule has 0 aromatic heterocycles. The summed E-state index contributed by atoms with van der Waals surface area (Å²) < 4.78 is 0. The van der Waals surface area contributed by atoms with Crippen molar-refractivity contribution in [1.82, 2.24) is 4.90 Å². The molecule has 1 amide bonds. The van der Waals surface area contributed by atoms with Gasteiger partial charge in [0.15, 0.2) is 0 Å². The van der Waals surface area contributed by atoms with Crippen molar-refractivity contribution in [3.63, 3.8) is 0 Å². The first-order valence-electron chi connectivity index (χ1n) is 5.26. The lowest BCUT2D eigenvalue weighted by Crippen LogP contribution is -2.63. The summed E-state index contributed by atoms with van der Waals surface area (Å²) in [6.07, 6.45) is 1.92. The summed E-state index contributed by atoms with van der Waals surface area (Å²) in [6, 6.07) is -0.0437. The Morgan fingerprint density at radius 2 is 2.14 bits per heavy atom. The lowest BCUT2D eigenvalue weighted by atomic mass is 9.91. The summed E-state index contributed by atoms with van der Waals surface area (Å²) in [7, 11) is 0. The molecule has 3 N–H and O–H groups in total. The molecule has 0 aromatic rings. The van der Waals surface area contributed by atoms with E-state index in [1.165, 1.54) is 0 Å². The molecule has 1 atom stereocenters. The van der Waals surface area contributed by atoms with E-state index < -0.39 is 5.60 Å². The van der Waals surface area contributed by atoms with E-state index in [2.05, 4.69) is 0 Å². The third-order valence-corrected chi connectivity index (χ3v) is 2.94. The maximum absolute atomic E-state index is 11.5. The van der Waals surface area contributed by atoms with Crippen LogP contribution in [0.4, 0.5) is 0 Å². The molecule has 0 radical (unpaired) electrons. The quantitative estimate of drug-likeness (QED) is 0.676. The van der Waals surface area contributed by atoms with Gasteiger partial charge >= 0.3 is 0 Å². The first kappa shape index (κ1) is 11.5. The number of hydrogen-bond donors (Lipinski definition) is 2. The molecule has 0 saturated carbocycles. The SMILES string of the molecule is CCC(N)CC(=O)N1CC(O)(CC)C1. The van der Waals surface area contributed by atoms with Crippen molar-refractivity contribution in [1.29, 1.82) is 0 Å². The largest absolute Gasteiger partial charge is 0.386 e. The molecule has 0 spiro atoms. The second-order valence-corrected chi connectivity index (χ2v) is 4.20. The topological polar surface area (TPSA) is 66.6 Å². The molecule has 0 bridgehead atoms. The summed E-state index contributed by atoms with van der Waals surface area (Å²) in [5, 5.41) is 9.70. The van der Waals surface area contributed by atoms with Gasteiger partial charge in [-0.15, -0.1) is 0 Å². The number of aliphatic hydroxyl groups is 1. The number of likely N-dealkylation sites (tertiary alicyclic amines) is 1. The molecule has 1 aliphatic heterocycles. The van der Waals surface area contributed by atoms with Crippen molar-refractivity contribution in [2.24, 2.45) is 5.73 Å². The zero-order valence-corrected chi connectivity index (χ0v) is 8.99. The van der Waals surface area contributed by atoms with E-state index >= 15 is 0 Å². The van der Waals surface area contributed by atoms with Crippen LogP contribution in [0.2, 0.25) is 0 Å². The number of amides is 1. The summed E-state index contributed by atoms with van der Waals surface area (Å²) in [4.78, 5) is 13.2. The second kappa shape index (κ2) is 4.28. The van der Waals surface area contributed by atoms with Gasteiger partial charge in [-0.3, -0.25) is 4.79 Å². The predicted octanol–water partition coefficient (Wildman–Crippen LogP) is 0.0971. The minimum atomic E-state index is -0.633. The highest BCUT2D eigenvalue weighted by atomic mass is 16.3. The Labute approximate surface area is 85.1 Å². The summed E-state index contributed by atoms with van der Waals surface area (Å²) >= 11 is 0. The van der Waals surface area contributed by atoms with Crippen molar-refractivity contribution in [3.8, 4) is 0 Å². The van der Waals surface area contributed by atoms with E-state index in [9.17, 15) is 9.90 Å². The fraction of sp³-hybridized carbons (Fsp3) is 0.900. The van der Waals surface area contributed by atoms with Crippen LogP contribution in [0.25, 0.3) is 0 Å². The molecule has 1 fully saturated rings. The number of hydrogen-bond acceptors (Lipinski definition) is 3. The highest BCUT2D eigenvalue weighted by Crippen LogP contribution is 2.24. The van der Waals surface area contributed by atoms with Gasteiger partial charge in [-0.2, -0.15) is 0 Å². The van der Waals surface area contributed by atoms with Gasteiger partial charge in [0.2, 0.25) is 5.91 Å².